The Kier molecular flexibility index (Phi) is 5.34. The van der Waals surface area contributed by atoms with Gasteiger partial charge in [-0.3, -0.25) is 9.59 Å². The molecule has 0 bridgehead atoms. The Morgan fingerprint density at radius 2 is 1.66 bits per heavy atom. The summed E-state index contributed by atoms with van der Waals surface area (Å²) in [6.07, 6.45) is 0. The Labute approximate surface area is 176 Å². The molecule has 0 aliphatic heterocycles. The number of hydrogen-bond donors (Lipinski definition) is 1. The first kappa shape index (κ1) is 19.2. The van der Waals surface area contributed by atoms with Crippen LogP contribution in [0.5, 0.6) is 0 Å². The molecule has 4 aromatic rings. The van der Waals surface area contributed by atoms with E-state index in [0.717, 1.165) is 21.0 Å². The fourth-order valence-electron chi connectivity index (χ4n) is 3.12. The van der Waals surface area contributed by atoms with Crippen molar-refractivity contribution in [3.05, 3.63) is 93.2 Å². The lowest BCUT2D eigenvalue weighted by Gasteiger charge is -2.10. The van der Waals surface area contributed by atoms with Gasteiger partial charge < -0.3 is 5.32 Å². The van der Waals surface area contributed by atoms with Crippen molar-refractivity contribution < 1.29 is 4.79 Å². The molecular formula is C22H15Cl2N3O2. The van der Waals surface area contributed by atoms with Crippen LogP contribution in [-0.4, -0.2) is 15.7 Å². The lowest BCUT2D eigenvalue weighted by Crippen LogP contribution is -2.29. The van der Waals surface area contributed by atoms with Crippen LogP contribution >= 0.6 is 23.2 Å². The Morgan fingerprint density at radius 3 is 2.45 bits per heavy atom. The summed E-state index contributed by atoms with van der Waals surface area (Å²) in [5.74, 6) is -0.409. The quantitative estimate of drug-likeness (QED) is 0.501. The summed E-state index contributed by atoms with van der Waals surface area (Å²) in [6, 6.07) is 21.6. The fourth-order valence-corrected chi connectivity index (χ4v) is 3.64. The maximum atomic E-state index is 12.4. The number of carbonyl (C=O) groups is 1. The van der Waals surface area contributed by atoms with Crippen LogP contribution in [0.3, 0.4) is 0 Å². The van der Waals surface area contributed by atoms with Crippen LogP contribution < -0.4 is 10.9 Å². The number of hydrogen-bond acceptors (Lipinski definition) is 3. The van der Waals surface area contributed by atoms with Crippen LogP contribution in [0.2, 0.25) is 10.0 Å². The second kappa shape index (κ2) is 8.07. The number of anilines is 1. The van der Waals surface area contributed by atoms with E-state index in [1.54, 1.807) is 24.3 Å². The second-order valence-electron chi connectivity index (χ2n) is 6.45. The largest absolute Gasteiger partial charge is 0.324 e. The number of carbonyl (C=O) groups excluding carboxylic acids is 1. The molecule has 0 atom stereocenters. The predicted octanol–water partition coefficient (Wildman–Crippen LogP) is 5.01. The molecule has 3 aromatic carbocycles. The van der Waals surface area contributed by atoms with Crippen LogP contribution in [0.15, 0.2) is 77.6 Å². The van der Waals surface area contributed by atoms with Gasteiger partial charge in [-0.15, -0.1) is 0 Å². The van der Waals surface area contributed by atoms with Gasteiger partial charge >= 0.3 is 0 Å². The van der Waals surface area contributed by atoms with Crippen molar-refractivity contribution in [1.29, 1.82) is 0 Å². The average Bonchev–Trinajstić information content (AvgIpc) is 2.68. The molecule has 1 heterocycles. The minimum Gasteiger partial charge on any atom is -0.324 e. The summed E-state index contributed by atoms with van der Waals surface area (Å²) < 4.78 is 1.14. The van der Waals surface area contributed by atoms with E-state index in [1.165, 1.54) is 6.07 Å². The molecule has 144 valence electrons. The maximum absolute atomic E-state index is 12.4. The van der Waals surface area contributed by atoms with Crippen molar-refractivity contribution in [3.8, 4) is 11.3 Å². The molecule has 4 rings (SSSR count). The van der Waals surface area contributed by atoms with E-state index in [4.69, 9.17) is 23.2 Å². The standard InChI is InChI=1S/C22H15Cl2N3O2/c23-15-10-16(24)12-17(11-15)25-21(28)13-27-22(29)9-8-20(26-27)19-7-3-5-14-4-1-2-6-18(14)19/h1-12H,13H2,(H,25,28). The minimum atomic E-state index is -0.409. The van der Waals surface area contributed by atoms with E-state index in [-0.39, 0.29) is 12.1 Å². The van der Waals surface area contributed by atoms with Gasteiger partial charge in [0.25, 0.3) is 5.56 Å². The van der Waals surface area contributed by atoms with Crippen LogP contribution in [-0.2, 0) is 11.3 Å². The number of benzene rings is 3. The Hall–Kier alpha value is -3.15. The summed E-state index contributed by atoms with van der Waals surface area (Å²) in [4.78, 5) is 24.7. The Morgan fingerprint density at radius 1 is 0.931 bits per heavy atom. The highest BCUT2D eigenvalue weighted by Gasteiger charge is 2.11. The summed E-state index contributed by atoms with van der Waals surface area (Å²) in [5.41, 5.74) is 1.58. The summed E-state index contributed by atoms with van der Waals surface area (Å²) >= 11 is 11.9. The lowest BCUT2D eigenvalue weighted by molar-refractivity contribution is -0.117. The Balaban J connectivity index is 1.63. The van der Waals surface area contributed by atoms with Crippen LogP contribution in [0.4, 0.5) is 5.69 Å². The number of nitrogens with zero attached hydrogens (tertiary/aromatic N) is 2. The van der Waals surface area contributed by atoms with Crippen molar-refractivity contribution in [2.75, 3.05) is 5.32 Å². The van der Waals surface area contributed by atoms with E-state index in [1.807, 2.05) is 42.5 Å². The number of nitrogens with one attached hydrogen (secondary N) is 1. The minimum absolute atomic E-state index is 0.235. The average molecular weight is 424 g/mol. The van der Waals surface area contributed by atoms with E-state index in [9.17, 15) is 9.59 Å². The SMILES string of the molecule is O=C(Cn1nc(-c2cccc3ccccc23)ccc1=O)Nc1cc(Cl)cc(Cl)c1. The molecule has 0 spiro atoms. The topological polar surface area (TPSA) is 64.0 Å². The van der Waals surface area contributed by atoms with Crippen molar-refractivity contribution >= 4 is 45.6 Å². The van der Waals surface area contributed by atoms with E-state index < -0.39 is 5.91 Å². The molecule has 0 radical (unpaired) electrons. The van der Waals surface area contributed by atoms with E-state index in [2.05, 4.69) is 10.4 Å². The number of fused-ring (bicyclic) bond motifs is 1. The van der Waals surface area contributed by atoms with Crippen molar-refractivity contribution in [3.63, 3.8) is 0 Å². The van der Waals surface area contributed by atoms with Crippen molar-refractivity contribution in [2.24, 2.45) is 0 Å². The number of halogens is 2. The molecule has 5 nitrogen and oxygen atoms in total. The van der Waals surface area contributed by atoms with Crippen LogP contribution in [0, 0.1) is 0 Å². The zero-order valence-electron chi connectivity index (χ0n) is 15.1. The summed E-state index contributed by atoms with van der Waals surface area (Å²) in [7, 11) is 0. The summed E-state index contributed by atoms with van der Waals surface area (Å²) in [6.45, 7) is -0.235. The second-order valence-corrected chi connectivity index (χ2v) is 7.32. The maximum Gasteiger partial charge on any atom is 0.267 e. The molecule has 0 fully saturated rings. The predicted molar refractivity (Wildman–Crippen MR) is 117 cm³/mol. The molecule has 29 heavy (non-hydrogen) atoms. The highest BCUT2D eigenvalue weighted by molar-refractivity contribution is 6.35. The van der Waals surface area contributed by atoms with Crippen LogP contribution in [0.1, 0.15) is 0 Å². The Bertz CT molecular complexity index is 1260. The van der Waals surface area contributed by atoms with Crippen LogP contribution in [0.25, 0.3) is 22.0 Å². The van der Waals surface area contributed by atoms with Gasteiger partial charge in [0.2, 0.25) is 5.91 Å². The molecule has 7 heteroatoms. The molecule has 1 aromatic heterocycles. The molecule has 1 amide bonds. The lowest BCUT2D eigenvalue weighted by atomic mass is 10.0. The third-order valence-electron chi connectivity index (χ3n) is 4.37. The van der Waals surface area contributed by atoms with Gasteiger partial charge in [-0.2, -0.15) is 5.10 Å². The van der Waals surface area contributed by atoms with Gasteiger partial charge in [-0.1, -0.05) is 65.7 Å². The molecule has 0 aliphatic rings. The van der Waals surface area contributed by atoms with Gasteiger partial charge in [-0.25, -0.2) is 4.68 Å². The first-order valence-electron chi connectivity index (χ1n) is 8.82. The van der Waals surface area contributed by atoms with E-state index >= 15 is 0 Å². The first-order chi connectivity index (χ1) is 14.0. The smallest absolute Gasteiger partial charge is 0.267 e. The highest BCUT2D eigenvalue weighted by Crippen LogP contribution is 2.26. The molecule has 0 unspecified atom stereocenters. The number of rotatable bonds is 4. The third-order valence-corrected chi connectivity index (χ3v) is 4.81. The fraction of sp³-hybridized carbons (Fsp3) is 0.0455. The zero-order valence-corrected chi connectivity index (χ0v) is 16.6. The third kappa shape index (κ3) is 4.31. The number of aromatic nitrogens is 2. The normalized spacial score (nSPS) is 10.8. The molecule has 0 saturated heterocycles. The molecule has 0 aliphatic carbocycles. The van der Waals surface area contributed by atoms with Gasteiger partial charge in [0.05, 0.1) is 5.69 Å². The van der Waals surface area contributed by atoms with Gasteiger partial charge in [0.15, 0.2) is 0 Å². The van der Waals surface area contributed by atoms with Crippen molar-refractivity contribution in [2.45, 2.75) is 6.54 Å². The van der Waals surface area contributed by atoms with E-state index in [0.29, 0.717) is 21.4 Å². The molecule has 0 saturated carbocycles. The highest BCUT2D eigenvalue weighted by atomic mass is 35.5. The monoisotopic (exact) mass is 423 g/mol. The zero-order chi connectivity index (χ0) is 20.4. The van der Waals surface area contributed by atoms with Crippen molar-refractivity contribution in [1.82, 2.24) is 9.78 Å². The molecular weight excluding hydrogens is 409 g/mol. The van der Waals surface area contributed by atoms with Gasteiger partial charge in [-0.05, 0) is 35.0 Å². The van der Waals surface area contributed by atoms with Gasteiger partial charge in [0.1, 0.15) is 6.54 Å². The number of amides is 1. The summed E-state index contributed by atoms with van der Waals surface area (Å²) in [5, 5.41) is 9.98. The first-order valence-corrected chi connectivity index (χ1v) is 9.57. The van der Waals surface area contributed by atoms with Gasteiger partial charge in [0, 0.05) is 27.4 Å². The molecule has 1 N–H and O–H groups in total.